The number of thiophene rings is 1. The number of aliphatic hydroxyl groups is 1. The molecule has 1 unspecified atom stereocenters. The van der Waals surface area contributed by atoms with E-state index in [0.29, 0.717) is 49.4 Å². The minimum absolute atomic E-state index is 0.0777. The third-order valence-corrected chi connectivity index (χ3v) is 7.79. The average molecular weight is 405 g/mol. The first-order valence-electron chi connectivity index (χ1n) is 8.56. The van der Waals surface area contributed by atoms with Gasteiger partial charge in [-0.1, -0.05) is 6.07 Å². The highest BCUT2D eigenvalue weighted by Crippen LogP contribution is 2.31. The lowest BCUT2D eigenvalue weighted by Gasteiger charge is -2.28. The molecule has 1 aliphatic heterocycles. The maximum atomic E-state index is 12.4. The zero-order valence-corrected chi connectivity index (χ0v) is 16.9. The fourth-order valence-corrected chi connectivity index (χ4v) is 5.19. The van der Waals surface area contributed by atoms with Crippen LogP contribution in [-0.4, -0.2) is 77.3 Å². The van der Waals surface area contributed by atoms with Crippen LogP contribution in [0, 0.1) is 5.41 Å². The Hall–Kier alpha value is -1.20. The van der Waals surface area contributed by atoms with Crippen LogP contribution in [-0.2, 0) is 14.8 Å². The van der Waals surface area contributed by atoms with Crippen molar-refractivity contribution in [3.63, 3.8) is 0 Å². The van der Waals surface area contributed by atoms with E-state index in [4.69, 9.17) is 4.74 Å². The number of nitrogens with one attached hydrogen (secondary N) is 2. The van der Waals surface area contributed by atoms with Gasteiger partial charge in [0.1, 0.15) is 4.21 Å². The Morgan fingerprint density at radius 2 is 2.31 bits per heavy atom. The van der Waals surface area contributed by atoms with E-state index in [-0.39, 0.29) is 12.0 Å². The zero-order valence-electron chi connectivity index (χ0n) is 15.3. The monoisotopic (exact) mass is 404 g/mol. The predicted octanol–water partition coefficient (Wildman–Crippen LogP) is 0.323. The number of ether oxygens (including phenoxy) is 1. The highest BCUT2D eigenvalue weighted by atomic mass is 32.2. The first kappa shape index (κ1) is 21.1. The van der Waals surface area contributed by atoms with Gasteiger partial charge in [-0.2, -0.15) is 4.31 Å². The number of aliphatic imine (C=N–C) groups is 1. The maximum absolute atomic E-state index is 12.4. The summed E-state index contributed by atoms with van der Waals surface area (Å²) in [7, 11) is -0.195. The molecule has 2 rings (SSSR count). The quantitative estimate of drug-likeness (QED) is 0.405. The standard InChI is InChI=1S/C16H28N4O4S2/c1-17-15(19-12-16(5-9-21)6-10-24-13-16)18-7-8-20(2)26(22,23)14-4-3-11-25-14/h3-4,11,21H,5-10,12-13H2,1-2H3,(H2,17,18,19). The molecule has 1 saturated heterocycles. The lowest BCUT2D eigenvalue weighted by atomic mass is 9.84. The molecule has 1 aromatic rings. The lowest BCUT2D eigenvalue weighted by molar-refractivity contribution is 0.127. The molecule has 26 heavy (non-hydrogen) atoms. The van der Waals surface area contributed by atoms with E-state index in [0.717, 1.165) is 6.42 Å². The van der Waals surface area contributed by atoms with Gasteiger partial charge in [0.15, 0.2) is 5.96 Å². The van der Waals surface area contributed by atoms with Gasteiger partial charge >= 0.3 is 0 Å². The van der Waals surface area contributed by atoms with Gasteiger partial charge in [0.25, 0.3) is 10.0 Å². The molecule has 0 bridgehead atoms. The van der Waals surface area contributed by atoms with Crippen LogP contribution < -0.4 is 10.6 Å². The number of nitrogens with zero attached hydrogens (tertiary/aromatic N) is 2. The molecular formula is C16H28N4O4S2. The normalized spacial score (nSPS) is 21.3. The molecule has 2 heterocycles. The van der Waals surface area contributed by atoms with Crippen LogP contribution in [0.15, 0.2) is 26.7 Å². The van der Waals surface area contributed by atoms with Gasteiger partial charge in [-0.25, -0.2) is 8.42 Å². The Balaban J connectivity index is 1.80. The van der Waals surface area contributed by atoms with Crippen LogP contribution in [0.2, 0.25) is 0 Å². The highest BCUT2D eigenvalue weighted by Gasteiger charge is 2.34. The number of sulfonamides is 1. The highest BCUT2D eigenvalue weighted by molar-refractivity contribution is 7.91. The zero-order chi connectivity index (χ0) is 19.0. The third-order valence-electron chi connectivity index (χ3n) is 4.56. The van der Waals surface area contributed by atoms with E-state index in [1.54, 1.807) is 31.6 Å². The molecule has 0 amide bonds. The summed E-state index contributed by atoms with van der Waals surface area (Å²) in [6, 6.07) is 3.33. The van der Waals surface area contributed by atoms with Crippen molar-refractivity contribution in [3.05, 3.63) is 17.5 Å². The van der Waals surface area contributed by atoms with Gasteiger partial charge in [0.2, 0.25) is 0 Å². The number of hydrogen-bond donors (Lipinski definition) is 3. The second-order valence-electron chi connectivity index (χ2n) is 6.39. The minimum Gasteiger partial charge on any atom is -0.396 e. The summed E-state index contributed by atoms with van der Waals surface area (Å²) >= 11 is 1.21. The molecule has 148 valence electrons. The molecule has 1 atom stereocenters. The van der Waals surface area contributed by atoms with Gasteiger partial charge < -0.3 is 20.5 Å². The van der Waals surface area contributed by atoms with Crippen LogP contribution in [0.5, 0.6) is 0 Å². The summed E-state index contributed by atoms with van der Waals surface area (Å²) < 4.78 is 31.9. The summed E-state index contributed by atoms with van der Waals surface area (Å²) in [6.45, 7) is 2.87. The van der Waals surface area contributed by atoms with Crippen LogP contribution in [0.1, 0.15) is 12.8 Å². The van der Waals surface area contributed by atoms with Gasteiger partial charge in [0, 0.05) is 52.4 Å². The number of likely N-dealkylation sites (N-methyl/N-ethyl adjacent to an activating group) is 1. The molecule has 0 saturated carbocycles. The Bertz CT molecular complexity index is 670. The van der Waals surface area contributed by atoms with Crippen LogP contribution in [0.25, 0.3) is 0 Å². The molecule has 1 fully saturated rings. The first-order valence-corrected chi connectivity index (χ1v) is 10.9. The Kier molecular flexibility index (Phi) is 7.84. The summed E-state index contributed by atoms with van der Waals surface area (Å²) in [5.74, 6) is 0.608. The van der Waals surface area contributed by atoms with Crippen molar-refractivity contribution in [3.8, 4) is 0 Å². The van der Waals surface area contributed by atoms with E-state index in [1.807, 2.05) is 0 Å². The largest absolute Gasteiger partial charge is 0.396 e. The van der Waals surface area contributed by atoms with Crippen molar-refractivity contribution >= 4 is 27.3 Å². The molecule has 1 aliphatic rings. The summed E-state index contributed by atoms with van der Waals surface area (Å²) in [6.07, 6.45) is 1.58. The molecule has 1 aromatic heterocycles. The average Bonchev–Trinajstić information content (AvgIpc) is 3.30. The summed E-state index contributed by atoms with van der Waals surface area (Å²) in [5.41, 5.74) is -0.0777. The Morgan fingerprint density at radius 1 is 1.50 bits per heavy atom. The topological polar surface area (TPSA) is 103 Å². The lowest BCUT2D eigenvalue weighted by Crippen LogP contribution is -2.46. The number of rotatable bonds is 9. The van der Waals surface area contributed by atoms with Gasteiger partial charge in [0.05, 0.1) is 6.61 Å². The van der Waals surface area contributed by atoms with E-state index < -0.39 is 10.0 Å². The van der Waals surface area contributed by atoms with Crippen molar-refractivity contribution in [2.24, 2.45) is 10.4 Å². The van der Waals surface area contributed by atoms with E-state index in [1.165, 1.54) is 15.6 Å². The van der Waals surface area contributed by atoms with Crippen LogP contribution in [0.3, 0.4) is 0 Å². The van der Waals surface area contributed by atoms with E-state index >= 15 is 0 Å². The number of guanidine groups is 1. The second kappa shape index (κ2) is 9.65. The van der Waals surface area contributed by atoms with Crippen LogP contribution >= 0.6 is 11.3 Å². The molecule has 10 heteroatoms. The number of hydrogen-bond acceptors (Lipinski definition) is 6. The van der Waals surface area contributed by atoms with Gasteiger partial charge in [-0.15, -0.1) is 11.3 Å². The fourth-order valence-electron chi connectivity index (χ4n) is 2.82. The van der Waals surface area contributed by atoms with Gasteiger partial charge in [-0.3, -0.25) is 4.99 Å². The van der Waals surface area contributed by atoms with Crippen molar-refractivity contribution in [1.82, 2.24) is 14.9 Å². The van der Waals surface area contributed by atoms with Crippen molar-refractivity contribution in [2.75, 3.05) is 53.6 Å². The summed E-state index contributed by atoms with van der Waals surface area (Å²) in [5, 5.41) is 17.4. The smallest absolute Gasteiger partial charge is 0.252 e. The van der Waals surface area contributed by atoms with Crippen molar-refractivity contribution in [1.29, 1.82) is 0 Å². The predicted molar refractivity (Wildman–Crippen MR) is 103 cm³/mol. The maximum Gasteiger partial charge on any atom is 0.252 e. The Labute approximate surface area is 159 Å². The molecule has 8 nitrogen and oxygen atoms in total. The minimum atomic E-state index is -3.44. The molecule has 0 radical (unpaired) electrons. The Morgan fingerprint density at radius 3 is 2.88 bits per heavy atom. The summed E-state index contributed by atoms with van der Waals surface area (Å²) in [4.78, 5) is 4.17. The van der Waals surface area contributed by atoms with Crippen LogP contribution in [0.4, 0.5) is 0 Å². The molecule has 0 aromatic carbocycles. The second-order valence-corrected chi connectivity index (χ2v) is 9.61. The molecular weight excluding hydrogens is 376 g/mol. The van der Waals surface area contributed by atoms with E-state index in [2.05, 4.69) is 15.6 Å². The third kappa shape index (κ3) is 5.40. The first-order chi connectivity index (χ1) is 12.4. The van der Waals surface area contributed by atoms with E-state index in [9.17, 15) is 13.5 Å². The number of aliphatic hydroxyl groups excluding tert-OH is 1. The molecule has 0 aliphatic carbocycles. The van der Waals surface area contributed by atoms with Gasteiger partial charge in [-0.05, 0) is 24.3 Å². The van der Waals surface area contributed by atoms with Crippen molar-refractivity contribution in [2.45, 2.75) is 17.1 Å². The fraction of sp³-hybridized carbons (Fsp3) is 0.688. The SMILES string of the molecule is CN=C(NCCN(C)S(=O)(=O)c1cccs1)NCC1(CCO)CCOC1. The molecule has 3 N–H and O–H groups in total. The molecule has 0 spiro atoms. The van der Waals surface area contributed by atoms with Crippen molar-refractivity contribution < 1.29 is 18.3 Å².